The van der Waals surface area contributed by atoms with E-state index in [1.165, 1.54) is 5.56 Å². The van der Waals surface area contributed by atoms with Crippen molar-refractivity contribution in [3.8, 4) is 22.7 Å². The van der Waals surface area contributed by atoms with E-state index in [-0.39, 0.29) is 6.10 Å². The Morgan fingerprint density at radius 1 is 1.00 bits per heavy atom. The lowest BCUT2D eigenvalue weighted by Gasteiger charge is -2.41. The second-order valence-corrected chi connectivity index (χ2v) is 9.31. The third-order valence-electron chi connectivity index (χ3n) is 7.05. The number of likely N-dealkylation sites (tertiary alicyclic amines) is 2. The monoisotopic (exact) mass is 446 g/mol. The first-order valence-electron chi connectivity index (χ1n) is 12.1. The molecule has 0 amide bonds. The SMILES string of the molecule is COc1cccc(-c2nn(-c3ccccc3)cc2CN2CCC(N3CCC[C@H](O)C3)CC2)c1. The molecule has 2 aliphatic rings. The maximum atomic E-state index is 10.1. The Labute approximate surface area is 196 Å². The summed E-state index contributed by atoms with van der Waals surface area (Å²) in [7, 11) is 1.70. The van der Waals surface area contributed by atoms with E-state index in [4.69, 9.17) is 9.84 Å². The van der Waals surface area contributed by atoms with Crippen LogP contribution in [0.15, 0.2) is 60.8 Å². The minimum absolute atomic E-state index is 0.147. The van der Waals surface area contributed by atoms with E-state index in [1.807, 2.05) is 35.0 Å². The van der Waals surface area contributed by atoms with Gasteiger partial charge in [-0.2, -0.15) is 5.10 Å². The maximum absolute atomic E-state index is 10.1. The van der Waals surface area contributed by atoms with E-state index in [0.29, 0.717) is 6.04 Å². The summed E-state index contributed by atoms with van der Waals surface area (Å²) in [6.07, 6.45) is 6.42. The van der Waals surface area contributed by atoms with Gasteiger partial charge in [0.25, 0.3) is 0 Å². The lowest BCUT2D eigenvalue weighted by Crippen LogP contribution is -2.49. The Morgan fingerprint density at radius 3 is 2.58 bits per heavy atom. The summed E-state index contributed by atoms with van der Waals surface area (Å²) in [5.41, 5.74) is 4.39. The van der Waals surface area contributed by atoms with E-state index in [1.54, 1.807) is 7.11 Å². The van der Waals surface area contributed by atoms with Crippen molar-refractivity contribution in [1.82, 2.24) is 19.6 Å². The molecule has 0 spiro atoms. The molecule has 2 aliphatic heterocycles. The first kappa shape index (κ1) is 22.1. The number of aromatic nitrogens is 2. The van der Waals surface area contributed by atoms with E-state index in [2.05, 4.69) is 40.3 Å². The molecule has 0 aliphatic carbocycles. The van der Waals surface area contributed by atoms with Crippen LogP contribution in [-0.2, 0) is 6.54 Å². The predicted octanol–water partition coefficient (Wildman–Crippen LogP) is 3.97. The molecule has 0 saturated carbocycles. The second kappa shape index (κ2) is 10.1. The average molecular weight is 447 g/mol. The second-order valence-electron chi connectivity index (χ2n) is 9.31. The summed E-state index contributed by atoms with van der Waals surface area (Å²) in [6, 6.07) is 19.1. The van der Waals surface area contributed by atoms with E-state index < -0.39 is 0 Å². The van der Waals surface area contributed by atoms with Crippen LogP contribution in [0.1, 0.15) is 31.2 Å². The molecule has 3 aromatic rings. The van der Waals surface area contributed by atoms with Crippen LogP contribution in [0.5, 0.6) is 5.75 Å². The lowest BCUT2D eigenvalue weighted by molar-refractivity contribution is 0.0243. The highest BCUT2D eigenvalue weighted by atomic mass is 16.5. The van der Waals surface area contributed by atoms with E-state index in [9.17, 15) is 5.11 Å². The van der Waals surface area contributed by atoms with Crippen molar-refractivity contribution in [3.05, 3.63) is 66.4 Å². The molecule has 2 saturated heterocycles. The zero-order valence-corrected chi connectivity index (χ0v) is 19.4. The molecule has 33 heavy (non-hydrogen) atoms. The van der Waals surface area contributed by atoms with Gasteiger partial charge in [0, 0.05) is 36.5 Å². The fourth-order valence-electron chi connectivity index (χ4n) is 5.25. The molecule has 0 radical (unpaired) electrons. The van der Waals surface area contributed by atoms with E-state index in [0.717, 1.165) is 81.1 Å². The number of β-amino-alcohol motifs (C(OH)–C–C–N with tert-alkyl or cyclic N) is 1. The van der Waals surface area contributed by atoms with Gasteiger partial charge in [-0.05, 0) is 69.6 Å². The van der Waals surface area contributed by atoms with Crippen molar-refractivity contribution in [3.63, 3.8) is 0 Å². The van der Waals surface area contributed by atoms with Crippen LogP contribution in [0, 0.1) is 0 Å². The number of nitrogens with zero attached hydrogens (tertiary/aromatic N) is 4. The summed E-state index contributed by atoms with van der Waals surface area (Å²) in [5.74, 6) is 0.845. The van der Waals surface area contributed by atoms with Crippen LogP contribution < -0.4 is 4.74 Å². The Hall–Kier alpha value is -2.67. The number of hydrogen-bond donors (Lipinski definition) is 1. The number of rotatable bonds is 6. The largest absolute Gasteiger partial charge is 0.497 e. The molecule has 1 aromatic heterocycles. The minimum atomic E-state index is -0.147. The molecule has 2 fully saturated rings. The normalized spacial score (nSPS) is 20.7. The van der Waals surface area contributed by atoms with Crippen LogP contribution in [0.2, 0.25) is 0 Å². The highest BCUT2D eigenvalue weighted by Gasteiger charge is 2.28. The minimum Gasteiger partial charge on any atom is -0.497 e. The number of para-hydroxylation sites is 1. The topological polar surface area (TPSA) is 53.8 Å². The quantitative estimate of drug-likeness (QED) is 0.621. The van der Waals surface area contributed by atoms with Crippen LogP contribution in [0.3, 0.4) is 0 Å². The van der Waals surface area contributed by atoms with Gasteiger partial charge in [0.1, 0.15) is 5.75 Å². The summed E-state index contributed by atoms with van der Waals surface area (Å²) in [4.78, 5) is 5.06. The number of aliphatic hydroxyl groups excluding tert-OH is 1. The number of hydrogen-bond acceptors (Lipinski definition) is 5. The zero-order valence-electron chi connectivity index (χ0n) is 19.4. The number of piperidine rings is 2. The van der Waals surface area contributed by atoms with Gasteiger partial charge in [0.05, 0.1) is 24.6 Å². The fourth-order valence-corrected chi connectivity index (χ4v) is 5.25. The van der Waals surface area contributed by atoms with Crippen LogP contribution in [0.4, 0.5) is 0 Å². The summed E-state index contributed by atoms with van der Waals surface area (Å²) >= 11 is 0. The van der Waals surface area contributed by atoms with Gasteiger partial charge in [0.15, 0.2) is 0 Å². The Kier molecular flexibility index (Phi) is 6.76. The lowest BCUT2D eigenvalue weighted by atomic mass is 9.98. The molecule has 5 rings (SSSR count). The van der Waals surface area contributed by atoms with Gasteiger partial charge in [-0.1, -0.05) is 30.3 Å². The van der Waals surface area contributed by atoms with Gasteiger partial charge in [0.2, 0.25) is 0 Å². The zero-order chi connectivity index (χ0) is 22.6. The third kappa shape index (κ3) is 5.13. The van der Waals surface area contributed by atoms with Crippen molar-refractivity contribution < 1.29 is 9.84 Å². The van der Waals surface area contributed by atoms with Crippen LogP contribution in [-0.4, -0.2) is 70.1 Å². The summed E-state index contributed by atoms with van der Waals surface area (Å²) in [6.45, 7) is 5.01. The molecule has 0 unspecified atom stereocenters. The highest BCUT2D eigenvalue weighted by Crippen LogP contribution is 2.29. The molecule has 6 nitrogen and oxygen atoms in total. The van der Waals surface area contributed by atoms with Crippen molar-refractivity contribution >= 4 is 0 Å². The molecular weight excluding hydrogens is 412 g/mol. The standard InChI is InChI=1S/C27H34N4O2/c1-33-26-11-5-7-21(17-26)27-22(19-31(28-27)24-8-3-2-4-9-24)18-29-15-12-23(13-16-29)30-14-6-10-25(32)20-30/h2-5,7-9,11,17,19,23,25,32H,6,10,12-16,18,20H2,1H3/t25-/m0/s1. The number of ether oxygens (including phenoxy) is 1. The molecule has 2 aromatic carbocycles. The third-order valence-corrected chi connectivity index (χ3v) is 7.05. The van der Waals surface area contributed by atoms with Gasteiger partial charge >= 0.3 is 0 Å². The first-order valence-corrected chi connectivity index (χ1v) is 12.1. The van der Waals surface area contributed by atoms with Gasteiger partial charge in [-0.3, -0.25) is 9.80 Å². The van der Waals surface area contributed by atoms with Gasteiger partial charge in [-0.25, -0.2) is 4.68 Å². The molecule has 0 bridgehead atoms. The van der Waals surface area contributed by atoms with Crippen molar-refractivity contribution in [2.75, 3.05) is 33.3 Å². The average Bonchev–Trinajstić information content (AvgIpc) is 3.29. The molecule has 1 atom stereocenters. The molecule has 174 valence electrons. The Morgan fingerprint density at radius 2 is 1.82 bits per heavy atom. The molecule has 6 heteroatoms. The summed E-state index contributed by atoms with van der Waals surface area (Å²) in [5, 5.41) is 15.0. The highest BCUT2D eigenvalue weighted by molar-refractivity contribution is 5.65. The Bertz CT molecular complexity index is 1040. The Balaban J connectivity index is 1.34. The first-order chi connectivity index (χ1) is 16.2. The fraction of sp³-hybridized carbons (Fsp3) is 0.444. The smallest absolute Gasteiger partial charge is 0.119 e. The van der Waals surface area contributed by atoms with Crippen LogP contribution in [0.25, 0.3) is 16.9 Å². The van der Waals surface area contributed by atoms with E-state index >= 15 is 0 Å². The molecule has 1 N–H and O–H groups in total. The number of aliphatic hydroxyl groups is 1. The molecular formula is C27H34N4O2. The van der Waals surface area contributed by atoms with Gasteiger partial charge < -0.3 is 9.84 Å². The van der Waals surface area contributed by atoms with Crippen molar-refractivity contribution in [2.45, 2.75) is 44.4 Å². The summed E-state index contributed by atoms with van der Waals surface area (Å²) < 4.78 is 7.46. The number of benzene rings is 2. The number of methoxy groups -OCH3 is 1. The molecule has 3 heterocycles. The van der Waals surface area contributed by atoms with Crippen molar-refractivity contribution in [2.24, 2.45) is 0 Å². The predicted molar refractivity (Wildman–Crippen MR) is 131 cm³/mol. The van der Waals surface area contributed by atoms with Crippen molar-refractivity contribution in [1.29, 1.82) is 0 Å². The van der Waals surface area contributed by atoms with Gasteiger partial charge in [-0.15, -0.1) is 0 Å². The maximum Gasteiger partial charge on any atom is 0.119 e. The van der Waals surface area contributed by atoms with Crippen LogP contribution >= 0.6 is 0 Å².